The Kier molecular flexibility index (Phi) is 5.91. The van der Waals surface area contributed by atoms with Crippen LogP contribution in [0.1, 0.15) is 27.3 Å². The number of carbonyl (C=O) groups excluding carboxylic acids is 2. The molecule has 134 valence electrons. The lowest BCUT2D eigenvalue weighted by Crippen LogP contribution is -2.15. The number of amides is 1. The largest absolute Gasteiger partial charge is 0.326 e. The molecule has 3 aromatic rings. The van der Waals surface area contributed by atoms with E-state index >= 15 is 0 Å². The Labute approximate surface area is 164 Å². The monoisotopic (exact) mass is 396 g/mol. The second-order valence-corrected chi connectivity index (χ2v) is 6.79. The molecule has 2 heterocycles. The maximum Gasteiger partial charge on any atom is 0.228 e. The fourth-order valence-electron chi connectivity index (χ4n) is 2.35. The van der Waals surface area contributed by atoms with Crippen LogP contribution in [0.3, 0.4) is 0 Å². The third kappa shape index (κ3) is 4.97. The van der Waals surface area contributed by atoms with Gasteiger partial charge in [0.15, 0.2) is 5.78 Å². The van der Waals surface area contributed by atoms with Crippen LogP contribution < -0.4 is 5.32 Å². The number of Topliss-reactive ketones (excluding diaryl/α,β-unsaturated/α-hetero) is 1. The van der Waals surface area contributed by atoms with Gasteiger partial charge >= 0.3 is 0 Å². The summed E-state index contributed by atoms with van der Waals surface area (Å²) in [5.74, 6) is -0.334. The number of anilines is 1. The van der Waals surface area contributed by atoms with Gasteiger partial charge < -0.3 is 5.32 Å². The smallest absolute Gasteiger partial charge is 0.228 e. The molecule has 1 aromatic carbocycles. The molecule has 27 heavy (non-hydrogen) atoms. The van der Waals surface area contributed by atoms with Crippen molar-refractivity contribution < 1.29 is 9.59 Å². The zero-order valence-corrected chi connectivity index (χ0v) is 15.5. The summed E-state index contributed by atoms with van der Waals surface area (Å²) in [5, 5.41) is 13.7. The van der Waals surface area contributed by atoms with E-state index < -0.39 is 0 Å². The number of nitrogens with one attached hydrogen (secondary N) is 1. The van der Waals surface area contributed by atoms with Crippen molar-refractivity contribution in [1.82, 2.24) is 9.97 Å². The third-order valence-corrected chi connectivity index (χ3v) is 4.60. The first-order valence-electron chi connectivity index (χ1n) is 7.90. The maximum atomic E-state index is 12.2. The number of thiazole rings is 1. The van der Waals surface area contributed by atoms with Crippen LogP contribution in [0.2, 0.25) is 5.02 Å². The first kappa shape index (κ1) is 18.7. The number of hydrogen-bond acceptors (Lipinski definition) is 6. The molecule has 0 saturated heterocycles. The Morgan fingerprint density at radius 3 is 2.70 bits per heavy atom. The van der Waals surface area contributed by atoms with Crippen molar-refractivity contribution in [3.8, 4) is 6.07 Å². The lowest BCUT2D eigenvalue weighted by molar-refractivity contribution is -0.115. The van der Waals surface area contributed by atoms with E-state index in [9.17, 15) is 9.59 Å². The van der Waals surface area contributed by atoms with Crippen molar-refractivity contribution in [1.29, 1.82) is 5.26 Å². The van der Waals surface area contributed by atoms with E-state index in [4.69, 9.17) is 16.9 Å². The Bertz CT molecular complexity index is 1010. The number of pyridine rings is 1. The molecule has 0 aliphatic heterocycles. The standard InChI is InChI=1S/C19H13ClN4O2S/c20-16-4-3-15(6-13(16)8-21)24-19(26)5-12-1-2-14(22-9-12)7-18(25)17-10-27-11-23-17/h1-4,6,9-11H,5,7H2,(H,24,26). The SMILES string of the molecule is N#Cc1cc(NC(=O)Cc2ccc(CC(=O)c3cscn3)nc2)ccc1Cl. The van der Waals surface area contributed by atoms with Gasteiger partial charge in [-0.3, -0.25) is 14.6 Å². The van der Waals surface area contributed by atoms with Crippen LogP contribution in [0.5, 0.6) is 0 Å². The van der Waals surface area contributed by atoms with Crippen LogP contribution in [-0.2, 0) is 17.6 Å². The summed E-state index contributed by atoms with van der Waals surface area (Å²) in [6.07, 6.45) is 1.86. The molecule has 1 N–H and O–H groups in total. The Morgan fingerprint density at radius 2 is 2.04 bits per heavy atom. The lowest BCUT2D eigenvalue weighted by atomic mass is 10.1. The summed E-state index contributed by atoms with van der Waals surface area (Å²) in [7, 11) is 0. The molecule has 2 aromatic heterocycles. The van der Waals surface area contributed by atoms with E-state index in [1.165, 1.54) is 17.4 Å². The van der Waals surface area contributed by atoms with E-state index in [0.29, 0.717) is 33.2 Å². The number of aromatic nitrogens is 2. The van der Waals surface area contributed by atoms with E-state index in [-0.39, 0.29) is 24.5 Å². The fourth-order valence-corrected chi connectivity index (χ4v) is 3.07. The molecule has 0 bridgehead atoms. The average Bonchev–Trinajstić information content (AvgIpc) is 3.20. The number of nitrogens with zero attached hydrogens (tertiary/aromatic N) is 3. The normalized spacial score (nSPS) is 10.2. The van der Waals surface area contributed by atoms with Crippen LogP contribution in [0.25, 0.3) is 0 Å². The van der Waals surface area contributed by atoms with Gasteiger partial charge in [-0.25, -0.2) is 4.98 Å². The molecule has 8 heteroatoms. The lowest BCUT2D eigenvalue weighted by Gasteiger charge is -2.07. The number of hydrogen-bond donors (Lipinski definition) is 1. The highest BCUT2D eigenvalue weighted by Gasteiger charge is 2.11. The molecular weight excluding hydrogens is 384 g/mol. The Hall–Kier alpha value is -3.08. The number of benzene rings is 1. The van der Waals surface area contributed by atoms with Gasteiger partial charge in [0.1, 0.15) is 11.8 Å². The van der Waals surface area contributed by atoms with Crippen LogP contribution in [0.15, 0.2) is 47.4 Å². The quantitative estimate of drug-likeness (QED) is 0.641. The van der Waals surface area contributed by atoms with E-state index in [0.717, 1.165) is 0 Å². The zero-order chi connectivity index (χ0) is 19.2. The predicted octanol–water partition coefficient (Wildman–Crippen LogP) is 3.67. The van der Waals surface area contributed by atoms with Crippen molar-refractivity contribution in [3.05, 3.63) is 75.0 Å². The summed E-state index contributed by atoms with van der Waals surface area (Å²) >= 11 is 7.24. The molecule has 0 unspecified atom stereocenters. The molecule has 0 fully saturated rings. The van der Waals surface area contributed by atoms with E-state index in [1.807, 2.05) is 6.07 Å². The molecular formula is C19H13ClN4O2S. The van der Waals surface area contributed by atoms with Crippen molar-refractivity contribution in [3.63, 3.8) is 0 Å². The highest BCUT2D eigenvalue weighted by atomic mass is 35.5. The fraction of sp³-hybridized carbons (Fsp3) is 0.105. The molecule has 0 saturated carbocycles. The second kappa shape index (κ2) is 8.54. The Morgan fingerprint density at radius 1 is 1.19 bits per heavy atom. The number of halogens is 1. The minimum Gasteiger partial charge on any atom is -0.326 e. The second-order valence-electron chi connectivity index (χ2n) is 5.66. The van der Waals surface area contributed by atoms with Crippen LogP contribution in [0, 0.1) is 11.3 Å². The molecule has 0 aliphatic carbocycles. The highest BCUT2D eigenvalue weighted by molar-refractivity contribution is 7.07. The molecule has 0 radical (unpaired) electrons. The number of ketones is 1. The molecule has 1 amide bonds. The summed E-state index contributed by atoms with van der Waals surface area (Å²) in [6, 6.07) is 10.2. The third-order valence-electron chi connectivity index (χ3n) is 3.68. The topological polar surface area (TPSA) is 95.7 Å². The van der Waals surface area contributed by atoms with E-state index in [2.05, 4.69) is 15.3 Å². The average molecular weight is 397 g/mol. The van der Waals surface area contributed by atoms with Crippen molar-refractivity contribution >= 4 is 40.3 Å². The first-order valence-corrected chi connectivity index (χ1v) is 9.22. The van der Waals surface area contributed by atoms with Crippen molar-refractivity contribution in [2.75, 3.05) is 5.32 Å². The Balaban J connectivity index is 1.58. The molecule has 3 rings (SSSR count). The zero-order valence-electron chi connectivity index (χ0n) is 14.0. The summed E-state index contributed by atoms with van der Waals surface area (Å²) in [5.41, 5.74) is 4.18. The van der Waals surface area contributed by atoms with Crippen molar-refractivity contribution in [2.45, 2.75) is 12.8 Å². The number of carbonyl (C=O) groups is 2. The summed E-state index contributed by atoms with van der Waals surface area (Å²) < 4.78 is 0. The summed E-state index contributed by atoms with van der Waals surface area (Å²) in [4.78, 5) is 32.4. The van der Waals surface area contributed by atoms with Gasteiger partial charge in [0.05, 0.1) is 28.9 Å². The summed E-state index contributed by atoms with van der Waals surface area (Å²) in [6.45, 7) is 0. The molecule has 0 atom stereocenters. The van der Waals surface area contributed by atoms with Gasteiger partial charge in [0.2, 0.25) is 5.91 Å². The number of nitriles is 1. The van der Waals surface area contributed by atoms with Crippen molar-refractivity contribution in [2.24, 2.45) is 0 Å². The minimum atomic E-state index is -0.241. The molecule has 6 nitrogen and oxygen atoms in total. The van der Waals surface area contributed by atoms with E-state index in [1.54, 1.807) is 41.4 Å². The predicted molar refractivity (Wildman–Crippen MR) is 103 cm³/mol. The van der Waals surface area contributed by atoms with Gasteiger partial charge in [-0.05, 0) is 29.8 Å². The van der Waals surface area contributed by atoms with Gasteiger partial charge in [0, 0.05) is 23.0 Å². The van der Waals surface area contributed by atoms with Gasteiger partial charge in [-0.2, -0.15) is 5.26 Å². The molecule has 0 spiro atoms. The van der Waals surface area contributed by atoms with Crippen LogP contribution in [-0.4, -0.2) is 21.7 Å². The molecule has 0 aliphatic rings. The maximum absolute atomic E-state index is 12.2. The van der Waals surface area contributed by atoms with Gasteiger partial charge in [-0.15, -0.1) is 11.3 Å². The number of rotatable bonds is 6. The van der Waals surface area contributed by atoms with Crippen LogP contribution >= 0.6 is 22.9 Å². The van der Waals surface area contributed by atoms with Gasteiger partial charge in [-0.1, -0.05) is 17.7 Å². The van der Waals surface area contributed by atoms with Gasteiger partial charge in [0.25, 0.3) is 0 Å². The first-order chi connectivity index (χ1) is 13.0. The van der Waals surface area contributed by atoms with Crippen LogP contribution in [0.4, 0.5) is 5.69 Å². The highest BCUT2D eigenvalue weighted by Crippen LogP contribution is 2.19. The minimum absolute atomic E-state index is 0.0923.